The molecule has 0 aliphatic rings. The largest absolute Gasteiger partial charge is 0.371 e. The maximum Gasteiger partial charge on any atom is 0.251 e. The predicted octanol–water partition coefficient (Wildman–Crippen LogP) is -0.0138. The van der Waals surface area contributed by atoms with E-state index in [-0.39, 0.29) is 0 Å². The number of hydrogen-bond acceptors (Lipinski definition) is 3. The first-order chi connectivity index (χ1) is 4.22. The van der Waals surface area contributed by atoms with Gasteiger partial charge in [-0.05, 0) is 18.6 Å². The summed E-state index contributed by atoms with van der Waals surface area (Å²) in [6, 6.07) is 0. The van der Waals surface area contributed by atoms with Gasteiger partial charge in [0.25, 0.3) is 5.24 Å². The second-order valence-electron chi connectivity index (χ2n) is 1.59. The Morgan fingerprint density at radius 1 is 1.89 bits per heavy atom. The van der Waals surface area contributed by atoms with Gasteiger partial charge in [0.05, 0.1) is 0 Å². The molecule has 1 N–H and O–H groups in total. The summed E-state index contributed by atoms with van der Waals surface area (Å²) in [5.74, 6) is 0. The molecule has 0 aliphatic heterocycles. The molecule has 0 amide bonds. The lowest BCUT2D eigenvalue weighted by Gasteiger charge is -2.07. The second-order valence-corrected chi connectivity index (χ2v) is 1.96. The van der Waals surface area contributed by atoms with Crippen molar-refractivity contribution in [3.05, 3.63) is 0 Å². The van der Waals surface area contributed by atoms with Gasteiger partial charge in [-0.3, -0.25) is 4.79 Å². The number of ether oxygens (including phenoxy) is 1. The summed E-state index contributed by atoms with van der Waals surface area (Å²) in [7, 11) is 3.17. The fourth-order valence-corrected chi connectivity index (χ4v) is 0.608. The lowest BCUT2D eigenvalue weighted by atomic mass is 10.4. The van der Waals surface area contributed by atoms with E-state index in [4.69, 9.17) is 16.3 Å². The highest BCUT2D eigenvalue weighted by molar-refractivity contribution is 6.64. The summed E-state index contributed by atoms with van der Waals surface area (Å²) in [6.45, 7) is 0.457. The molecule has 0 spiro atoms. The van der Waals surface area contributed by atoms with Gasteiger partial charge < -0.3 is 10.1 Å². The first-order valence-corrected chi connectivity index (χ1v) is 2.97. The van der Waals surface area contributed by atoms with Crippen LogP contribution in [0.3, 0.4) is 0 Å². The summed E-state index contributed by atoms with van der Waals surface area (Å²) in [4.78, 5) is 10.4. The highest BCUT2D eigenvalue weighted by Gasteiger charge is 2.12. The molecule has 54 valence electrons. The Morgan fingerprint density at radius 3 is 2.56 bits per heavy atom. The van der Waals surface area contributed by atoms with Crippen molar-refractivity contribution in [2.75, 3.05) is 20.7 Å². The lowest BCUT2D eigenvalue weighted by molar-refractivity contribution is -0.120. The van der Waals surface area contributed by atoms with Crippen molar-refractivity contribution in [2.45, 2.75) is 6.10 Å². The molecule has 3 nitrogen and oxygen atoms in total. The average molecular weight is 152 g/mol. The van der Waals surface area contributed by atoms with Crippen molar-refractivity contribution < 1.29 is 9.53 Å². The average Bonchev–Trinajstić information content (AvgIpc) is 1.82. The predicted molar refractivity (Wildman–Crippen MR) is 35.6 cm³/mol. The number of halogens is 1. The third-order valence-electron chi connectivity index (χ3n) is 0.927. The molecule has 0 aromatic carbocycles. The van der Waals surface area contributed by atoms with Crippen LogP contribution in [0.25, 0.3) is 0 Å². The third-order valence-corrected chi connectivity index (χ3v) is 1.17. The van der Waals surface area contributed by atoms with Crippen LogP contribution >= 0.6 is 11.6 Å². The van der Waals surface area contributed by atoms with Crippen LogP contribution in [-0.2, 0) is 9.53 Å². The smallest absolute Gasteiger partial charge is 0.251 e. The Bertz CT molecular complexity index is 97.0. The molecule has 0 radical (unpaired) electrons. The Balaban J connectivity index is 3.54. The van der Waals surface area contributed by atoms with Gasteiger partial charge in [-0.15, -0.1) is 0 Å². The number of rotatable bonds is 4. The fraction of sp³-hybridized carbons (Fsp3) is 0.800. The Hall–Kier alpha value is -0.120. The third kappa shape index (κ3) is 3.46. The maximum atomic E-state index is 10.4. The van der Waals surface area contributed by atoms with Gasteiger partial charge in [0.1, 0.15) is 6.10 Å². The second kappa shape index (κ2) is 4.73. The first kappa shape index (κ1) is 8.88. The summed E-state index contributed by atoms with van der Waals surface area (Å²) in [6.07, 6.45) is -0.517. The van der Waals surface area contributed by atoms with Gasteiger partial charge in [0.2, 0.25) is 0 Å². The van der Waals surface area contributed by atoms with E-state index in [9.17, 15) is 4.79 Å². The van der Waals surface area contributed by atoms with Gasteiger partial charge in [0.15, 0.2) is 0 Å². The molecule has 0 saturated heterocycles. The molecule has 0 aromatic rings. The van der Waals surface area contributed by atoms with Crippen LogP contribution in [-0.4, -0.2) is 32.0 Å². The van der Waals surface area contributed by atoms with Crippen LogP contribution in [0.4, 0.5) is 0 Å². The van der Waals surface area contributed by atoms with Gasteiger partial charge in [0, 0.05) is 13.7 Å². The molecular formula is C5H10ClNO2. The van der Waals surface area contributed by atoms with E-state index >= 15 is 0 Å². The topological polar surface area (TPSA) is 38.3 Å². The summed E-state index contributed by atoms with van der Waals surface area (Å²) in [5, 5.41) is 2.30. The van der Waals surface area contributed by atoms with E-state index in [0.717, 1.165) is 0 Å². The molecule has 0 aromatic heterocycles. The zero-order valence-corrected chi connectivity index (χ0v) is 6.23. The van der Waals surface area contributed by atoms with E-state index < -0.39 is 11.3 Å². The molecule has 1 atom stereocenters. The molecule has 0 heterocycles. The van der Waals surface area contributed by atoms with Crippen LogP contribution < -0.4 is 5.32 Å². The minimum Gasteiger partial charge on any atom is -0.371 e. The minimum atomic E-state index is -0.517. The van der Waals surface area contributed by atoms with Crippen molar-refractivity contribution in [1.82, 2.24) is 5.32 Å². The van der Waals surface area contributed by atoms with Crippen LogP contribution in [0.2, 0.25) is 0 Å². The number of carbonyl (C=O) groups excluding carboxylic acids is 1. The molecule has 0 aliphatic carbocycles. The molecule has 0 fully saturated rings. The Morgan fingerprint density at radius 2 is 2.44 bits per heavy atom. The monoisotopic (exact) mass is 151 g/mol. The van der Waals surface area contributed by atoms with E-state index in [1.807, 2.05) is 0 Å². The standard InChI is InChI=1S/C5H10ClNO2/c1-7-3-4(9-2)5(6)8/h4,7H,3H2,1-2H3. The quantitative estimate of drug-likeness (QED) is 0.575. The number of likely N-dealkylation sites (N-methyl/N-ethyl adjacent to an activating group) is 1. The van der Waals surface area contributed by atoms with Crippen molar-refractivity contribution in [1.29, 1.82) is 0 Å². The van der Waals surface area contributed by atoms with E-state index in [1.54, 1.807) is 7.05 Å². The van der Waals surface area contributed by atoms with E-state index in [0.29, 0.717) is 6.54 Å². The highest BCUT2D eigenvalue weighted by atomic mass is 35.5. The summed E-state index contributed by atoms with van der Waals surface area (Å²) >= 11 is 5.12. The van der Waals surface area contributed by atoms with Crippen molar-refractivity contribution in [2.24, 2.45) is 0 Å². The highest BCUT2D eigenvalue weighted by Crippen LogP contribution is 1.93. The molecule has 0 rings (SSSR count). The molecular weight excluding hydrogens is 142 g/mol. The summed E-state index contributed by atoms with van der Waals surface area (Å²) in [5.41, 5.74) is 0. The van der Waals surface area contributed by atoms with Crippen LogP contribution in [0, 0.1) is 0 Å². The number of methoxy groups -OCH3 is 1. The van der Waals surface area contributed by atoms with Gasteiger partial charge in [-0.25, -0.2) is 0 Å². The van der Waals surface area contributed by atoms with E-state index in [1.165, 1.54) is 7.11 Å². The zero-order valence-electron chi connectivity index (χ0n) is 5.48. The molecule has 1 unspecified atom stereocenters. The number of hydrogen-bond donors (Lipinski definition) is 1. The lowest BCUT2D eigenvalue weighted by Crippen LogP contribution is -2.30. The Labute approximate surface area is 59.3 Å². The maximum absolute atomic E-state index is 10.4. The number of carbonyl (C=O) groups is 1. The van der Waals surface area contributed by atoms with Crippen molar-refractivity contribution in [3.63, 3.8) is 0 Å². The minimum absolute atomic E-state index is 0.457. The molecule has 0 saturated carbocycles. The van der Waals surface area contributed by atoms with Gasteiger partial charge >= 0.3 is 0 Å². The molecule has 4 heteroatoms. The molecule has 0 bridgehead atoms. The van der Waals surface area contributed by atoms with Gasteiger partial charge in [-0.1, -0.05) is 0 Å². The molecule has 9 heavy (non-hydrogen) atoms. The van der Waals surface area contributed by atoms with Crippen LogP contribution in [0.5, 0.6) is 0 Å². The first-order valence-electron chi connectivity index (χ1n) is 2.59. The Kier molecular flexibility index (Phi) is 4.67. The zero-order chi connectivity index (χ0) is 7.28. The van der Waals surface area contributed by atoms with Crippen LogP contribution in [0.15, 0.2) is 0 Å². The van der Waals surface area contributed by atoms with E-state index in [2.05, 4.69) is 5.32 Å². The number of nitrogens with one attached hydrogen (secondary N) is 1. The SMILES string of the molecule is CNCC(OC)C(=O)Cl. The fourth-order valence-electron chi connectivity index (χ4n) is 0.442. The van der Waals surface area contributed by atoms with Gasteiger partial charge in [-0.2, -0.15) is 0 Å². The summed E-state index contributed by atoms with van der Waals surface area (Å²) < 4.78 is 4.71. The van der Waals surface area contributed by atoms with Crippen LogP contribution in [0.1, 0.15) is 0 Å². The van der Waals surface area contributed by atoms with Crippen molar-refractivity contribution in [3.8, 4) is 0 Å². The normalized spacial score (nSPS) is 13.2. The van der Waals surface area contributed by atoms with Crippen molar-refractivity contribution >= 4 is 16.8 Å².